The van der Waals surface area contributed by atoms with Gasteiger partial charge in [0.15, 0.2) is 0 Å². The zero-order valence-electron chi connectivity index (χ0n) is 12.8. The largest absolute Gasteiger partial charge is 0.469 e. The number of nitrogens with one attached hydrogen (secondary N) is 1. The Balaban J connectivity index is 2.50. The normalized spacial score (nSPS) is 30.7. The van der Waals surface area contributed by atoms with Crippen LogP contribution in [0, 0.1) is 5.92 Å². The van der Waals surface area contributed by atoms with E-state index < -0.39 is 5.60 Å². The van der Waals surface area contributed by atoms with Crippen molar-refractivity contribution < 1.29 is 14.6 Å². The first-order chi connectivity index (χ1) is 8.82. The zero-order valence-corrected chi connectivity index (χ0v) is 12.8. The highest BCUT2D eigenvalue weighted by Gasteiger charge is 2.34. The Bertz CT molecular complexity index is 298. The molecule has 0 aromatic rings. The fraction of sp³-hybridized carbons (Fsp3) is 0.933. The number of ether oxygens (including phenoxy) is 1. The Labute approximate surface area is 116 Å². The lowest BCUT2D eigenvalue weighted by atomic mass is 9.79. The molecule has 1 unspecified atom stereocenters. The van der Waals surface area contributed by atoms with Gasteiger partial charge in [-0.3, -0.25) is 4.79 Å². The van der Waals surface area contributed by atoms with Crippen LogP contribution in [-0.4, -0.2) is 35.9 Å². The summed E-state index contributed by atoms with van der Waals surface area (Å²) in [6, 6.07) is 0. The molecule has 0 saturated heterocycles. The van der Waals surface area contributed by atoms with Crippen molar-refractivity contribution in [2.45, 2.75) is 70.4 Å². The summed E-state index contributed by atoms with van der Waals surface area (Å²) in [7, 11) is 1.41. The van der Waals surface area contributed by atoms with Crippen molar-refractivity contribution in [1.82, 2.24) is 5.32 Å². The number of hydrogen-bond donors (Lipinski definition) is 2. The standard InChI is InChI=1S/C15H29NO3/c1-5-14(3,10-13(17)19-4)16-11-15(18)8-6-12(2)7-9-15/h12,16,18H,5-11H2,1-4H3. The van der Waals surface area contributed by atoms with Crippen molar-refractivity contribution in [3.63, 3.8) is 0 Å². The lowest BCUT2D eigenvalue weighted by Gasteiger charge is -2.38. The molecule has 2 N–H and O–H groups in total. The average Bonchev–Trinajstić information content (AvgIpc) is 2.40. The van der Waals surface area contributed by atoms with Crippen LogP contribution in [0.2, 0.25) is 0 Å². The molecule has 0 aromatic carbocycles. The Morgan fingerprint density at radius 2 is 2.05 bits per heavy atom. The van der Waals surface area contributed by atoms with Gasteiger partial charge in [0.05, 0.1) is 19.1 Å². The summed E-state index contributed by atoms with van der Waals surface area (Å²) < 4.78 is 4.74. The highest BCUT2D eigenvalue weighted by molar-refractivity contribution is 5.70. The first-order valence-electron chi connectivity index (χ1n) is 7.37. The molecule has 1 aliphatic rings. The van der Waals surface area contributed by atoms with Crippen LogP contribution < -0.4 is 5.32 Å². The molecule has 0 aliphatic heterocycles. The van der Waals surface area contributed by atoms with Crippen LogP contribution in [0.25, 0.3) is 0 Å². The first-order valence-corrected chi connectivity index (χ1v) is 7.37. The van der Waals surface area contributed by atoms with E-state index in [-0.39, 0.29) is 11.5 Å². The van der Waals surface area contributed by atoms with Gasteiger partial charge in [0.1, 0.15) is 0 Å². The van der Waals surface area contributed by atoms with Gasteiger partial charge in [-0.2, -0.15) is 0 Å². The van der Waals surface area contributed by atoms with Crippen LogP contribution in [-0.2, 0) is 9.53 Å². The van der Waals surface area contributed by atoms with E-state index in [0.717, 1.165) is 32.1 Å². The first kappa shape index (κ1) is 16.4. The molecule has 0 amide bonds. The van der Waals surface area contributed by atoms with E-state index in [1.54, 1.807) is 0 Å². The number of carbonyl (C=O) groups is 1. The molecule has 4 nitrogen and oxygen atoms in total. The minimum atomic E-state index is -0.612. The molecule has 0 heterocycles. The lowest BCUT2D eigenvalue weighted by Crippen LogP contribution is -2.52. The minimum Gasteiger partial charge on any atom is -0.469 e. The third kappa shape index (κ3) is 5.11. The van der Waals surface area contributed by atoms with E-state index in [2.05, 4.69) is 12.2 Å². The second-order valence-electron chi connectivity index (χ2n) is 6.43. The maximum Gasteiger partial charge on any atom is 0.307 e. The van der Waals surface area contributed by atoms with Crippen molar-refractivity contribution >= 4 is 5.97 Å². The van der Waals surface area contributed by atoms with Crippen molar-refractivity contribution in [2.75, 3.05) is 13.7 Å². The van der Waals surface area contributed by atoms with Crippen LogP contribution in [0.3, 0.4) is 0 Å². The molecule has 1 saturated carbocycles. The van der Waals surface area contributed by atoms with E-state index in [1.807, 2.05) is 13.8 Å². The maximum atomic E-state index is 11.4. The van der Waals surface area contributed by atoms with Gasteiger partial charge in [0, 0.05) is 12.1 Å². The van der Waals surface area contributed by atoms with Crippen molar-refractivity contribution in [3.05, 3.63) is 0 Å². The zero-order chi connectivity index (χ0) is 14.5. The molecule has 0 bridgehead atoms. The lowest BCUT2D eigenvalue weighted by molar-refractivity contribution is -0.142. The van der Waals surface area contributed by atoms with Crippen LogP contribution >= 0.6 is 0 Å². The molecular formula is C15H29NO3. The Morgan fingerprint density at radius 3 is 2.53 bits per heavy atom. The molecule has 0 radical (unpaired) electrons. The van der Waals surface area contributed by atoms with E-state index in [1.165, 1.54) is 7.11 Å². The summed E-state index contributed by atoms with van der Waals surface area (Å²) in [6.45, 7) is 6.85. The Hall–Kier alpha value is -0.610. The van der Waals surface area contributed by atoms with E-state index in [9.17, 15) is 9.90 Å². The van der Waals surface area contributed by atoms with Crippen LogP contribution in [0.4, 0.5) is 0 Å². The molecule has 0 aromatic heterocycles. The van der Waals surface area contributed by atoms with Gasteiger partial charge in [0.25, 0.3) is 0 Å². The van der Waals surface area contributed by atoms with Gasteiger partial charge in [-0.05, 0) is 44.9 Å². The molecule has 0 spiro atoms. The molecule has 1 atom stereocenters. The van der Waals surface area contributed by atoms with Gasteiger partial charge in [-0.25, -0.2) is 0 Å². The van der Waals surface area contributed by atoms with Crippen LogP contribution in [0.5, 0.6) is 0 Å². The predicted molar refractivity (Wildman–Crippen MR) is 75.9 cm³/mol. The highest BCUT2D eigenvalue weighted by atomic mass is 16.5. The van der Waals surface area contributed by atoms with Gasteiger partial charge in [0.2, 0.25) is 0 Å². The summed E-state index contributed by atoms with van der Waals surface area (Å²) in [5.41, 5.74) is -0.912. The number of methoxy groups -OCH3 is 1. The van der Waals surface area contributed by atoms with Crippen molar-refractivity contribution in [1.29, 1.82) is 0 Å². The van der Waals surface area contributed by atoms with Crippen LogP contribution in [0.1, 0.15) is 59.3 Å². The van der Waals surface area contributed by atoms with E-state index in [0.29, 0.717) is 18.9 Å². The monoisotopic (exact) mass is 271 g/mol. The molecule has 112 valence electrons. The maximum absolute atomic E-state index is 11.4. The highest BCUT2D eigenvalue weighted by Crippen LogP contribution is 2.32. The average molecular weight is 271 g/mol. The number of carbonyl (C=O) groups excluding carboxylic acids is 1. The minimum absolute atomic E-state index is 0.207. The molecular weight excluding hydrogens is 242 g/mol. The summed E-state index contributed by atoms with van der Waals surface area (Å²) in [4.78, 5) is 11.4. The quantitative estimate of drug-likeness (QED) is 0.727. The summed E-state index contributed by atoms with van der Waals surface area (Å²) in [5, 5.41) is 13.9. The Morgan fingerprint density at radius 1 is 1.47 bits per heavy atom. The second kappa shape index (κ2) is 6.71. The third-order valence-corrected chi connectivity index (χ3v) is 4.59. The van der Waals surface area contributed by atoms with Crippen molar-refractivity contribution in [3.8, 4) is 0 Å². The van der Waals surface area contributed by atoms with Gasteiger partial charge in [-0.15, -0.1) is 0 Å². The number of rotatable bonds is 6. The van der Waals surface area contributed by atoms with Crippen LogP contribution in [0.15, 0.2) is 0 Å². The van der Waals surface area contributed by atoms with Gasteiger partial charge < -0.3 is 15.2 Å². The number of esters is 1. The van der Waals surface area contributed by atoms with Crippen molar-refractivity contribution in [2.24, 2.45) is 5.92 Å². The summed E-state index contributed by atoms with van der Waals surface area (Å²) in [5.74, 6) is 0.508. The van der Waals surface area contributed by atoms with E-state index in [4.69, 9.17) is 4.74 Å². The predicted octanol–water partition coefficient (Wildman–Crippen LogP) is 2.25. The summed E-state index contributed by atoms with van der Waals surface area (Å²) >= 11 is 0. The molecule has 1 rings (SSSR count). The number of β-amino-alcohol motifs (C(OH)–C–C–N with tert-alkyl or cyclic N) is 1. The SMILES string of the molecule is CCC(C)(CC(=O)OC)NCC1(O)CCC(C)CC1. The number of aliphatic hydroxyl groups is 1. The Kier molecular flexibility index (Phi) is 5.81. The fourth-order valence-electron chi connectivity index (χ4n) is 2.56. The van der Waals surface area contributed by atoms with E-state index >= 15 is 0 Å². The second-order valence-corrected chi connectivity index (χ2v) is 6.43. The van der Waals surface area contributed by atoms with Gasteiger partial charge >= 0.3 is 5.97 Å². The number of hydrogen-bond acceptors (Lipinski definition) is 4. The topological polar surface area (TPSA) is 58.6 Å². The molecule has 19 heavy (non-hydrogen) atoms. The summed E-state index contributed by atoms with van der Waals surface area (Å²) in [6.07, 6.45) is 5.02. The third-order valence-electron chi connectivity index (χ3n) is 4.59. The molecule has 4 heteroatoms. The van der Waals surface area contributed by atoms with Gasteiger partial charge in [-0.1, -0.05) is 13.8 Å². The fourth-order valence-corrected chi connectivity index (χ4v) is 2.56. The smallest absolute Gasteiger partial charge is 0.307 e. The molecule has 1 aliphatic carbocycles. The molecule has 1 fully saturated rings.